The standard InChI is InChI=1S/C10H13ClN2OS/c1-10(2,3)15(14)13-7-9-6-8(11)4-5-12-9/h4-7H,1-3H3/t15-/m1/s1. The highest BCUT2D eigenvalue weighted by Gasteiger charge is 2.25. The molecule has 0 saturated carbocycles. The highest BCUT2D eigenvalue weighted by Crippen LogP contribution is 2.16. The molecule has 0 N–H and O–H groups in total. The minimum absolute atomic E-state index is 0.352. The van der Waals surface area contributed by atoms with E-state index in [0.29, 0.717) is 10.7 Å². The Morgan fingerprint density at radius 2 is 2.20 bits per heavy atom. The minimum atomic E-state index is -1.26. The van der Waals surface area contributed by atoms with Gasteiger partial charge in [0, 0.05) is 11.2 Å². The van der Waals surface area contributed by atoms with Crippen LogP contribution in [-0.2, 0) is 11.4 Å². The normalized spacial score (nSPS) is 14.5. The van der Waals surface area contributed by atoms with E-state index in [0.717, 1.165) is 0 Å². The second-order valence-electron chi connectivity index (χ2n) is 3.99. The molecule has 3 nitrogen and oxygen atoms in total. The molecule has 0 aromatic carbocycles. The predicted molar refractivity (Wildman–Crippen MR) is 64.7 cm³/mol. The predicted octanol–water partition coefficient (Wildman–Crippen LogP) is 2.62. The van der Waals surface area contributed by atoms with Crippen molar-refractivity contribution >= 4 is 29.2 Å². The van der Waals surface area contributed by atoms with Gasteiger partial charge in [-0.3, -0.25) is 4.98 Å². The molecule has 1 aromatic rings. The molecule has 0 spiro atoms. The van der Waals surface area contributed by atoms with Crippen molar-refractivity contribution in [2.24, 2.45) is 4.40 Å². The van der Waals surface area contributed by atoms with Crippen molar-refractivity contribution in [2.75, 3.05) is 0 Å². The van der Waals surface area contributed by atoms with E-state index >= 15 is 0 Å². The molecule has 1 aromatic heterocycles. The van der Waals surface area contributed by atoms with Gasteiger partial charge in [0.2, 0.25) is 0 Å². The van der Waals surface area contributed by atoms with Crippen LogP contribution in [0.2, 0.25) is 5.02 Å². The summed E-state index contributed by atoms with van der Waals surface area (Å²) in [5.74, 6) is 0. The quantitative estimate of drug-likeness (QED) is 0.593. The molecule has 0 radical (unpaired) electrons. The Bertz CT molecular complexity index is 363. The summed E-state index contributed by atoms with van der Waals surface area (Å²) in [5, 5.41) is 0.591. The summed E-state index contributed by atoms with van der Waals surface area (Å²) in [6.07, 6.45) is 3.07. The maximum atomic E-state index is 11.6. The molecule has 1 heterocycles. The van der Waals surface area contributed by atoms with Crippen molar-refractivity contribution in [2.45, 2.75) is 25.5 Å². The maximum absolute atomic E-state index is 11.6. The fourth-order valence-electron chi connectivity index (χ4n) is 0.752. The first kappa shape index (κ1) is 12.5. The van der Waals surface area contributed by atoms with E-state index in [-0.39, 0.29) is 4.75 Å². The van der Waals surface area contributed by atoms with E-state index in [1.807, 2.05) is 20.8 Å². The van der Waals surface area contributed by atoms with Crippen molar-refractivity contribution < 1.29 is 4.55 Å². The molecule has 15 heavy (non-hydrogen) atoms. The van der Waals surface area contributed by atoms with E-state index in [4.69, 9.17) is 11.6 Å². The maximum Gasteiger partial charge on any atom is 0.144 e. The third-order valence-corrected chi connectivity index (χ3v) is 3.13. The lowest BCUT2D eigenvalue weighted by Crippen LogP contribution is -2.25. The Kier molecular flexibility index (Phi) is 4.13. The SMILES string of the molecule is CC(C)(C)[S@@+]([O-])N=Cc1cc(Cl)ccn1. The van der Waals surface area contributed by atoms with Gasteiger partial charge in [-0.1, -0.05) is 16.0 Å². The van der Waals surface area contributed by atoms with E-state index in [2.05, 4.69) is 9.38 Å². The highest BCUT2D eigenvalue weighted by atomic mass is 35.5. The van der Waals surface area contributed by atoms with Gasteiger partial charge >= 0.3 is 0 Å². The zero-order chi connectivity index (χ0) is 11.5. The van der Waals surface area contributed by atoms with Crippen LogP contribution < -0.4 is 0 Å². The zero-order valence-electron chi connectivity index (χ0n) is 8.90. The van der Waals surface area contributed by atoms with E-state index in [1.54, 1.807) is 18.3 Å². The van der Waals surface area contributed by atoms with Gasteiger partial charge in [0.05, 0.1) is 5.69 Å². The van der Waals surface area contributed by atoms with Crippen molar-refractivity contribution in [1.29, 1.82) is 0 Å². The summed E-state index contributed by atoms with van der Waals surface area (Å²) in [7, 11) is 0. The molecule has 1 atom stereocenters. The molecule has 0 aliphatic rings. The topological polar surface area (TPSA) is 48.3 Å². The van der Waals surface area contributed by atoms with Gasteiger partial charge < -0.3 is 4.55 Å². The van der Waals surface area contributed by atoms with Crippen LogP contribution in [0.3, 0.4) is 0 Å². The third kappa shape index (κ3) is 4.20. The number of pyridine rings is 1. The lowest BCUT2D eigenvalue weighted by Gasteiger charge is -2.17. The first-order valence-corrected chi connectivity index (χ1v) is 5.96. The van der Waals surface area contributed by atoms with Gasteiger partial charge in [0.25, 0.3) is 0 Å². The number of hydrogen-bond acceptors (Lipinski definition) is 3. The summed E-state index contributed by atoms with van der Waals surface area (Å²) < 4.78 is 15.2. The second kappa shape index (κ2) is 4.96. The number of aromatic nitrogens is 1. The summed E-state index contributed by atoms with van der Waals surface area (Å²) in [5.41, 5.74) is 0.611. The zero-order valence-corrected chi connectivity index (χ0v) is 10.5. The molecule has 0 unspecified atom stereocenters. The average Bonchev–Trinajstić information content (AvgIpc) is 2.12. The molecule has 0 aliphatic carbocycles. The van der Waals surface area contributed by atoms with Crippen LogP contribution in [0, 0.1) is 0 Å². The average molecular weight is 245 g/mol. The largest absolute Gasteiger partial charge is 0.591 e. The number of rotatable bonds is 2. The van der Waals surface area contributed by atoms with Crippen LogP contribution in [0.4, 0.5) is 0 Å². The molecule has 0 bridgehead atoms. The van der Waals surface area contributed by atoms with E-state index < -0.39 is 11.4 Å². The Hall–Kier alpha value is -0.580. The van der Waals surface area contributed by atoms with Gasteiger partial charge in [-0.05, 0) is 32.9 Å². The molecule has 1 rings (SSSR count). The molecule has 82 valence electrons. The monoisotopic (exact) mass is 244 g/mol. The summed E-state index contributed by atoms with van der Waals surface area (Å²) >= 11 is 4.51. The lowest BCUT2D eigenvalue weighted by atomic mass is 10.3. The van der Waals surface area contributed by atoms with Gasteiger partial charge in [-0.15, -0.1) is 0 Å². The Balaban J connectivity index is 2.74. The molecule has 5 heteroatoms. The fourth-order valence-corrected chi connectivity index (χ4v) is 1.44. The molecule has 0 amide bonds. The summed E-state index contributed by atoms with van der Waals surface area (Å²) in [6, 6.07) is 3.35. The second-order valence-corrected chi connectivity index (χ2v) is 6.37. The number of halogens is 1. The Morgan fingerprint density at radius 1 is 1.53 bits per heavy atom. The third-order valence-electron chi connectivity index (χ3n) is 1.55. The molecule has 0 aliphatic heterocycles. The van der Waals surface area contributed by atoms with Gasteiger partial charge in [0.1, 0.15) is 22.3 Å². The molecular weight excluding hydrogens is 232 g/mol. The van der Waals surface area contributed by atoms with Gasteiger partial charge in [-0.25, -0.2) is 0 Å². The van der Waals surface area contributed by atoms with Crippen LogP contribution in [-0.4, -0.2) is 20.5 Å². The van der Waals surface area contributed by atoms with Crippen molar-refractivity contribution in [3.05, 3.63) is 29.0 Å². The lowest BCUT2D eigenvalue weighted by molar-refractivity contribution is 0.562. The van der Waals surface area contributed by atoms with Crippen molar-refractivity contribution in [3.63, 3.8) is 0 Å². The van der Waals surface area contributed by atoms with Crippen molar-refractivity contribution in [3.8, 4) is 0 Å². The Morgan fingerprint density at radius 3 is 2.73 bits per heavy atom. The van der Waals surface area contributed by atoms with Gasteiger partial charge in [-0.2, -0.15) is 0 Å². The molecular formula is C10H13ClN2OS. The summed E-state index contributed by atoms with van der Waals surface area (Å²) in [6.45, 7) is 5.60. The van der Waals surface area contributed by atoms with Crippen LogP contribution in [0.5, 0.6) is 0 Å². The van der Waals surface area contributed by atoms with Crippen LogP contribution >= 0.6 is 11.6 Å². The summed E-state index contributed by atoms with van der Waals surface area (Å²) in [4.78, 5) is 4.03. The first-order chi connectivity index (χ1) is 6.89. The fraction of sp³-hybridized carbons (Fsp3) is 0.400. The van der Waals surface area contributed by atoms with Crippen LogP contribution in [0.15, 0.2) is 22.7 Å². The highest BCUT2D eigenvalue weighted by molar-refractivity contribution is 7.91. The number of nitrogens with zero attached hydrogens (tertiary/aromatic N) is 2. The van der Waals surface area contributed by atoms with Crippen LogP contribution in [0.25, 0.3) is 0 Å². The van der Waals surface area contributed by atoms with E-state index in [9.17, 15) is 4.55 Å². The molecule has 0 saturated heterocycles. The van der Waals surface area contributed by atoms with Crippen molar-refractivity contribution in [1.82, 2.24) is 4.98 Å². The van der Waals surface area contributed by atoms with Crippen LogP contribution in [0.1, 0.15) is 26.5 Å². The molecule has 0 fully saturated rings. The first-order valence-electron chi connectivity index (χ1n) is 4.47. The number of hydrogen-bond donors (Lipinski definition) is 0. The van der Waals surface area contributed by atoms with E-state index in [1.165, 1.54) is 6.21 Å². The minimum Gasteiger partial charge on any atom is -0.591 e. The Labute approximate surface area is 97.9 Å². The smallest absolute Gasteiger partial charge is 0.144 e. The van der Waals surface area contributed by atoms with Gasteiger partial charge in [0.15, 0.2) is 0 Å².